The Morgan fingerprint density at radius 2 is 1.97 bits per heavy atom. The predicted molar refractivity (Wildman–Crippen MR) is 117 cm³/mol. The number of esters is 1. The second-order valence-corrected chi connectivity index (χ2v) is 7.50. The lowest BCUT2D eigenvalue weighted by Crippen LogP contribution is -2.49. The Bertz CT molecular complexity index is 812. The highest BCUT2D eigenvalue weighted by Gasteiger charge is 2.34. The summed E-state index contributed by atoms with van der Waals surface area (Å²) in [5.74, 6) is -0.700. The van der Waals surface area contributed by atoms with Crippen molar-refractivity contribution in [1.29, 1.82) is 0 Å². The summed E-state index contributed by atoms with van der Waals surface area (Å²) in [7, 11) is 3.34. The van der Waals surface area contributed by atoms with Crippen molar-refractivity contribution in [3.63, 3.8) is 0 Å². The topological polar surface area (TPSA) is 109 Å². The molecule has 170 valence electrons. The van der Waals surface area contributed by atoms with Gasteiger partial charge in [0.2, 0.25) is 5.91 Å². The molecule has 1 aliphatic heterocycles. The Morgan fingerprint density at radius 1 is 1.26 bits per heavy atom. The van der Waals surface area contributed by atoms with Gasteiger partial charge in [-0.3, -0.25) is 9.69 Å². The minimum atomic E-state index is -0.698. The standard InChI is InChI=1S/C21H29ClN4O5/c1-4-31-20(28)18-16(12-26(2)13-17(27)23-10-5-11-30-3)24-21(29)25-19(18)14-6-8-15(22)9-7-14/h6-9,19H,4-5,10-13H2,1-3H3,(H,23,27)(H2,24,25,29). The lowest BCUT2D eigenvalue weighted by atomic mass is 9.95. The summed E-state index contributed by atoms with van der Waals surface area (Å²) < 4.78 is 10.2. The fraction of sp³-hybridized carbons (Fsp3) is 0.476. The van der Waals surface area contributed by atoms with E-state index in [0.29, 0.717) is 35.9 Å². The summed E-state index contributed by atoms with van der Waals surface area (Å²) >= 11 is 5.97. The zero-order valence-electron chi connectivity index (χ0n) is 18.0. The van der Waals surface area contributed by atoms with E-state index in [4.69, 9.17) is 21.1 Å². The summed E-state index contributed by atoms with van der Waals surface area (Å²) in [5.41, 5.74) is 1.37. The number of nitrogens with zero attached hydrogens (tertiary/aromatic N) is 1. The fourth-order valence-corrected chi connectivity index (χ4v) is 3.29. The first-order valence-corrected chi connectivity index (χ1v) is 10.4. The molecule has 10 heteroatoms. The molecule has 3 N–H and O–H groups in total. The van der Waals surface area contributed by atoms with Crippen LogP contribution in [0.3, 0.4) is 0 Å². The van der Waals surface area contributed by atoms with Crippen LogP contribution in [-0.4, -0.2) is 69.8 Å². The van der Waals surface area contributed by atoms with E-state index in [1.807, 2.05) is 0 Å². The van der Waals surface area contributed by atoms with E-state index in [1.165, 1.54) is 0 Å². The molecule has 1 unspecified atom stereocenters. The van der Waals surface area contributed by atoms with Crippen molar-refractivity contribution >= 4 is 29.5 Å². The number of likely N-dealkylation sites (N-methyl/N-ethyl adjacent to an activating group) is 1. The van der Waals surface area contributed by atoms with Gasteiger partial charge in [0.15, 0.2) is 0 Å². The molecule has 1 aromatic carbocycles. The van der Waals surface area contributed by atoms with Crippen molar-refractivity contribution in [1.82, 2.24) is 20.9 Å². The summed E-state index contributed by atoms with van der Waals surface area (Å²) in [6.07, 6.45) is 0.717. The third kappa shape index (κ3) is 7.54. The first kappa shape index (κ1) is 24.6. The molecular weight excluding hydrogens is 424 g/mol. The SMILES string of the molecule is CCOC(=O)C1=C(CN(C)CC(=O)NCCCOC)NC(=O)NC1c1ccc(Cl)cc1. The first-order chi connectivity index (χ1) is 14.8. The number of benzene rings is 1. The average molecular weight is 453 g/mol. The molecule has 0 saturated heterocycles. The molecule has 1 atom stereocenters. The predicted octanol–water partition coefficient (Wildman–Crippen LogP) is 1.60. The molecule has 0 radical (unpaired) electrons. The molecule has 0 aliphatic carbocycles. The van der Waals surface area contributed by atoms with Gasteiger partial charge in [0, 0.05) is 37.5 Å². The maximum atomic E-state index is 12.8. The van der Waals surface area contributed by atoms with E-state index in [9.17, 15) is 14.4 Å². The molecule has 0 saturated carbocycles. The zero-order chi connectivity index (χ0) is 22.8. The van der Waals surface area contributed by atoms with Crippen LogP contribution >= 0.6 is 11.6 Å². The van der Waals surface area contributed by atoms with Gasteiger partial charge in [0.1, 0.15) is 0 Å². The Morgan fingerprint density at radius 3 is 2.61 bits per heavy atom. The third-order valence-corrected chi connectivity index (χ3v) is 4.79. The normalized spacial score (nSPS) is 16.0. The van der Waals surface area contributed by atoms with Gasteiger partial charge in [-0.15, -0.1) is 0 Å². The van der Waals surface area contributed by atoms with Crippen molar-refractivity contribution in [3.05, 3.63) is 46.1 Å². The maximum Gasteiger partial charge on any atom is 0.338 e. The lowest BCUT2D eigenvalue weighted by Gasteiger charge is -2.31. The number of amides is 3. The van der Waals surface area contributed by atoms with Gasteiger partial charge in [-0.1, -0.05) is 23.7 Å². The Labute approximate surface area is 187 Å². The number of nitrogens with one attached hydrogen (secondary N) is 3. The number of halogens is 1. The number of rotatable bonds is 11. The summed E-state index contributed by atoms with van der Waals surface area (Å²) in [6, 6.07) is 5.72. The lowest BCUT2D eigenvalue weighted by molar-refractivity contribution is -0.139. The zero-order valence-corrected chi connectivity index (χ0v) is 18.8. The minimum absolute atomic E-state index is 0.0987. The summed E-state index contributed by atoms with van der Waals surface area (Å²) in [6.45, 7) is 3.26. The van der Waals surface area contributed by atoms with Crippen molar-refractivity contribution in [2.24, 2.45) is 0 Å². The fourth-order valence-electron chi connectivity index (χ4n) is 3.17. The van der Waals surface area contributed by atoms with E-state index in [2.05, 4.69) is 16.0 Å². The van der Waals surface area contributed by atoms with Crippen LogP contribution in [-0.2, 0) is 19.1 Å². The third-order valence-electron chi connectivity index (χ3n) is 4.54. The minimum Gasteiger partial charge on any atom is -0.463 e. The van der Waals surface area contributed by atoms with E-state index in [1.54, 1.807) is 50.2 Å². The first-order valence-electron chi connectivity index (χ1n) is 10.0. The number of hydrogen-bond acceptors (Lipinski definition) is 6. The highest BCUT2D eigenvalue weighted by molar-refractivity contribution is 6.30. The molecule has 2 rings (SSSR count). The van der Waals surface area contributed by atoms with Gasteiger partial charge in [0.05, 0.1) is 24.8 Å². The highest BCUT2D eigenvalue weighted by Crippen LogP contribution is 2.28. The van der Waals surface area contributed by atoms with Crippen LogP contribution in [0.1, 0.15) is 24.9 Å². The van der Waals surface area contributed by atoms with E-state index in [-0.39, 0.29) is 31.2 Å². The molecule has 9 nitrogen and oxygen atoms in total. The summed E-state index contributed by atoms with van der Waals surface area (Å²) in [4.78, 5) is 38.9. The van der Waals surface area contributed by atoms with Crippen LogP contribution in [0.2, 0.25) is 5.02 Å². The molecule has 1 heterocycles. The van der Waals surface area contributed by atoms with Crippen LogP contribution < -0.4 is 16.0 Å². The van der Waals surface area contributed by atoms with Gasteiger partial charge in [-0.05, 0) is 38.1 Å². The van der Waals surface area contributed by atoms with Crippen molar-refractivity contribution in [2.75, 3.05) is 47.0 Å². The van der Waals surface area contributed by atoms with Crippen LogP contribution in [0.15, 0.2) is 35.5 Å². The Hall–Kier alpha value is -2.62. The van der Waals surface area contributed by atoms with Crippen molar-refractivity contribution in [3.8, 4) is 0 Å². The smallest absolute Gasteiger partial charge is 0.338 e. The number of urea groups is 1. The van der Waals surface area contributed by atoms with Crippen LogP contribution in [0.25, 0.3) is 0 Å². The molecule has 0 spiro atoms. The Kier molecular flexibility index (Phi) is 9.77. The van der Waals surface area contributed by atoms with E-state index >= 15 is 0 Å². The molecule has 1 aliphatic rings. The summed E-state index contributed by atoms with van der Waals surface area (Å²) in [5, 5.41) is 8.81. The monoisotopic (exact) mass is 452 g/mol. The maximum absolute atomic E-state index is 12.8. The molecule has 31 heavy (non-hydrogen) atoms. The second kappa shape index (κ2) is 12.3. The van der Waals surface area contributed by atoms with Gasteiger partial charge in [0.25, 0.3) is 0 Å². The van der Waals surface area contributed by atoms with Gasteiger partial charge in [-0.2, -0.15) is 0 Å². The molecule has 3 amide bonds. The molecule has 1 aromatic rings. The number of hydrogen-bond donors (Lipinski definition) is 3. The molecular formula is C21H29ClN4O5. The number of methoxy groups -OCH3 is 1. The van der Waals surface area contributed by atoms with E-state index < -0.39 is 18.0 Å². The second-order valence-electron chi connectivity index (χ2n) is 7.06. The number of carbonyl (C=O) groups is 3. The van der Waals surface area contributed by atoms with Crippen LogP contribution in [0.5, 0.6) is 0 Å². The molecule has 0 fully saturated rings. The highest BCUT2D eigenvalue weighted by atomic mass is 35.5. The van der Waals surface area contributed by atoms with Crippen molar-refractivity contribution in [2.45, 2.75) is 19.4 Å². The Balaban J connectivity index is 2.21. The van der Waals surface area contributed by atoms with E-state index in [0.717, 1.165) is 0 Å². The largest absolute Gasteiger partial charge is 0.463 e. The van der Waals surface area contributed by atoms with Gasteiger partial charge < -0.3 is 25.4 Å². The number of carbonyl (C=O) groups excluding carboxylic acids is 3. The molecule has 0 aromatic heterocycles. The van der Waals surface area contributed by atoms with Gasteiger partial charge >= 0.3 is 12.0 Å². The average Bonchev–Trinajstić information content (AvgIpc) is 2.71. The van der Waals surface area contributed by atoms with Crippen molar-refractivity contribution < 1.29 is 23.9 Å². The van der Waals surface area contributed by atoms with Crippen LogP contribution in [0.4, 0.5) is 4.79 Å². The quantitative estimate of drug-likeness (QED) is 0.347. The van der Waals surface area contributed by atoms with Gasteiger partial charge in [-0.25, -0.2) is 9.59 Å². The number of ether oxygens (including phenoxy) is 2. The molecule has 0 bridgehead atoms. The van der Waals surface area contributed by atoms with Crippen LogP contribution in [0, 0.1) is 0 Å².